The van der Waals surface area contributed by atoms with E-state index in [4.69, 9.17) is 21.3 Å². The van der Waals surface area contributed by atoms with Crippen LogP contribution in [0.5, 0.6) is 0 Å². The normalized spacial score (nSPS) is 11.2. The van der Waals surface area contributed by atoms with Gasteiger partial charge in [0.05, 0.1) is 28.4 Å². The van der Waals surface area contributed by atoms with Gasteiger partial charge in [0.2, 0.25) is 0 Å². The third-order valence-electron chi connectivity index (χ3n) is 12.9. The van der Waals surface area contributed by atoms with E-state index in [1.165, 1.54) is 69.6 Å². The van der Waals surface area contributed by atoms with E-state index in [9.17, 15) is 0 Å². The van der Waals surface area contributed by atoms with Crippen molar-refractivity contribution in [2.45, 2.75) is 186 Å². The molecule has 450 valence electrons. The number of benzene rings is 5. The van der Waals surface area contributed by atoms with Crippen molar-refractivity contribution in [3.63, 3.8) is 0 Å². The van der Waals surface area contributed by atoms with Crippen molar-refractivity contribution in [2.24, 2.45) is 0 Å². The Morgan fingerprint density at radius 3 is 0.488 bits per heavy atom. The molecule has 0 fully saturated rings. The molecule has 0 spiro atoms. The van der Waals surface area contributed by atoms with Crippen LogP contribution in [-0.4, -0.2) is 28.4 Å². The summed E-state index contributed by atoms with van der Waals surface area (Å²) in [6.45, 7) is 44.2. The van der Waals surface area contributed by atoms with Crippen molar-refractivity contribution in [3.8, 4) is 0 Å². The molecule has 0 aliphatic carbocycles. The van der Waals surface area contributed by atoms with Crippen LogP contribution >= 0.6 is 0 Å². The summed E-state index contributed by atoms with van der Waals surface area (Å²) >= 11 is 0. The van der Waals surface area contributed by atoms with Crippen molar-refractivity contribution in [1.82, 2.24) is 0 Å². The van der Waals surface area contributed by atoms with Crippen LogP contribution in [0, 0.1) is 0 Å². The van der Waals surface area contributed by atoms with Crippen LogP contribution in [0.25, 0.3) is 21.3 Å². The number of methoxy groups -OCH3 is 4. The van der Waals surface area contributed by atoms with Gasteiger partial charge in [-0.05, 0) is 47.3 Å². The first kappa shape index (κ1) is 84.9. The van der Waals surface area contributed by atoms with E-state index >= 15 is 0 Å². The Morgan fingerprint density at radius 2 is 0.390 bits per heavy atom. The second kappa shape index (κ2) is 46.7. The summed E-state index contributed by atoms with van der Waals surface area (Å²) in [6, 6.07) is 38.3. The molecule has 0 aliphatic rings. The Labute approximate surface area is 565 Å². The molecule has 8 nitrogen and oxygen atoms in total. The fourth-order valence-electron chi connectivity index (χ4n) is 8.16. The first-order chi connectivity index (χ1) is 36.9. The number of hydrogen-bond donors (Lipinski definition) is 0. The van der Waals surface area contributed by atoms with Crippen molar-refractivity contribution < 1.29 is 111 Å². The van der Waals surface area contributed by atoms with Gasteiger partial charge in [-0.15, -0.1) is 22.7 Å². The monoisotopic (exact) mass is 1220 g/mol. The van der Waals surface area contributed by atoms with E-state index in [0.29, 0.717) is 47.3 Å². The maximum Gasteiger partial charge on any atom is 1.00 e. The van der Waals surface area contributed by atoms with Crippen molar-refractivity contribution in [1.29, 1.82) is 0 Å². The number of allylic oxidation sites excluding steroid dienone is 4. The van der Waals surface area contributed by atoms with Gasteiger partial charge in [-0.1, -0.05) is 292 Å². The molecule has 82 heavy (non-hydrogen) atoms. The van der Waals surface area contributed by atoms with Crippen LogP contribution in [0.15, 0.2) is 157 Å². The quantitative estimate of drug-likeness (QED) is 0.0573. The SMILES string of the molecule is C/C([N-]c1c(C(C)C)cccc1C(C)C)=C(\C)[N-]c1c(C(C)C)cccc1C(C)C.C/C([N-]c1c(C(C)C)cccc1C(C)C)=C(\C)[N-]c1c(C(C)C)cccc1C(C)C.CO/C=C\OC.CO/C=C\OC.[Na+].[Na+].[Ni].[Ni].c1ccccc1. The zero-order valence-electron chi connectivity index (χ0n) is 55.4. The second-order valence-electron chi connectivity index (χ2n) is 21.8. The number of ether oxygens (including phenoxy) is 4. The number of rotatable bonds is 20. The van der Waals surface area contributed by atoms with E-state index in [0.717, 1.165) is 45.5 Å². The summed E-state index contributed by atoms with van der Waals surface area (Å²) in [5.74, 6) is 3.46. The molecule has 0 aromatic heterocycles. The molecule has 0 unspecified atom stereocenters. The van der Waals surface area contributed by atoms with Gasteiger partial charge in [0.15, 0.2) is 0 Å². The third-order valence-corrected chi connectivity index (χ3v) is 12.9. The number of hydrogen-bond acceptors (Lipinski definition) is 4. The summed E-state index contributed by atoms with van der Waals surface area (Å²) in [5.41, 5.74) is 18.9. The van der Waals surface area contributed by atoms with Crippen molar-refractivity contribution in [3.05, 3.63) is 223 Å². The molecule has 0 saturated heterocycles. The summed E-state index contributed by atoms with van der Waals surface area (Å²) in [7, 11) is 6.26. The van der Waals surface area contributed by atoms with Crippen LogP contribution < -0.4 is 59.1 Å². The summed E-state index contributed by atoms with van der Waals surface area (Å²) in [5, 5.41) is 20.5. The van der Waals surface area contributed by atoms with Gasteiger partial charge >= 0.3 is 59.1 Å². The fraction of sp³-hybridized carbons (Fsp3) is 0.457. The Bertz CT molecular complexity index is 2160. The molecule has 0 atom stereocenters. The molecule has 12 heteroatoms. The Kier molecular flexibility index (Phi) is 48.4. The van der Waals surface area contributed by atoms with Gasteiger partial charge in [-0.2, -0.15) is 22.8 Å². The molecule has 5 rings (SSSR count). The summed E-state index contributed by atoms with van der Waals surface area (Å²) in [6.07, 6.45) is 5.83. The minimum absolute atomic E-state index is 0. The minimum Gasteiger partial charge on any atom is -0.662 e. The van der Waals surface area contributed by atoms with Crippen LogP contribution in [-0.2, 0) is 51.9 Å². The molecule has 0 N–H and O–H groups in total. The smallest absolute Gasteiger partial charge is 0.662 e. The van der Waals surface area contributed by atoms with Gasteiger partial charge in [0.25, 0.3) is 0 Å². The zero-order chi connectivity index (χ0) is 59.1. The van der Waals surface area contributed by atoms with Crippen LogP contribution in [0.2, 0.25) is 0 Å². The van der Waals surface area contributed by atoms with Gasteiger partial charge in [0, 0.05) is 33.0 Å². The van der Waals surface area contributed by atoms with Crippen molar-refractivity contribution in [2.75, 3.05) is 28.4 Å². The predicted octanol–water partition coefficient (Wildman–Crippen LogP) is 17.5. The molecule has 0 radical (unpaired) electrons. The molecule has 0 saturated carbocycles. The maximum atomic E-state index is 5.13. The molecule has 0 heterocycles. The Balaban J connectivity index is -0.000000547. The third kappa shape index (κ3) is 30.0. The largest absolute Gasteiger partial charge is 1.00 e. The van der Waals surface area contributed by atoms with E-state index < -0.39 is 0 Å². The van der Waals surface area contributed by atoms with Crippen LogP contribution in [0.1, 0.15) is 230 Å². The standard InChI is InChI=1S/2C28H40N2.C6H6.2C4H8O2.2Na.2Ni/c2*1-17(2)23-13-11-14-24(18(3)4)27(23)29-21(9)22(10)30-28-25(19(5)6)15-12-16-26(28)20(7)8;1-2-4-6-5-3-1;2*1-5-3-4-6-2;;;;/h2*11-20H,1-10H3;1-6H;2*3-4H,1-2H3;;;;/q2*-2;;;;2*+1;;/b2*22-21-;;2*4-3-;;;;. The predicted molar refractivity (Wildman–Crippen MR) is 340 cm³/mol. The summed E-state index contributed by atoms with van der Waals surface area (Å²) < 4.78 is 17.9. The zero-order valence-corrected chi connectivity index (χ0v) is 61.4. The fourth-order valence-corrected chi connectivity index (χ4v) is 8.16. The Morgan fingerprint density at radius 1 is 0.268 bits per heavy atom. The van der Waals surface area contributed by atoms with Crippen molar-refractivity contribution >= 4 is 22.7 Å². The first-order valence-corrected chi connectivity index (χ1v) is 28.1. The van der Waals surface area contributed by atoms with E-state index in [2.05, 4.69) is 230 Å². The molecular formula is C70H102N4Na2Ni2O4-2. The van der Waals surface area contributed by atoms with Crippen LogP contribution in [0.3, 0.4) is 0 Å². The number of para-hydroxylation sites is 4. The summed E-state index contributed by atoms with van der Waals surface area (Å²) in [4.78, 5) is 0. The maximum absolute atomic E-state index is 5.13. The minimum atomic E-state index is 0. The van der Waals surface area contributed by atoms with Gasteiger partial charge in [-0.25, -0.2) is 0 Å². The molecular weight excluding hydrogens is 1120 g/mol. The molecule has 0 aliphatic heterocycles. The topological polar surface area (TPSA) is 93.3 Å². The molecule has 5 aromatic rings. The van der Waals surface area contributed by atoms with Gasteiger partial charge in [0.1, 0.15) is 25.0 Å². The van der Waals surface area contributed by atoms with Gasteiger partial charge < -0.3 is 40.2 Å². The Hall–Kier alpha value is -3.55. The molecule has 0 amide bonds. The van der Waals surface area contributed by atoms with Crippen LogP contribution in [0.4, 0.5) is 22.7 Å². The van der Waals surface area contributed by atoms with E-state index in [1.807, 2.05) is 36.4 Å². The second-order valence-corrected chi connectivity index (χ2v) is 21.8. The molecule has 5 aromatic carbocycles. The van der Waals surface area contributed by atoms with Gasteiger partial charge in [-0.3, -0.25) is 0 Å². The molecule has 0 bridgehead atoms. The average Bonchev–Trinajstić information content (AvgIpc) is 3.40. The first-order valence-electron chi connectivity index (χ1n) is 28.1. The van der Waals surface area contributed by atoms with E-state index in [-0.39, 0.29) is 92.1 Å². The van der Waals surface area contributed by atoms with E-state index in [1.54, 1.807) is 28.4 Å². The number of nitrogens with zero attached hydrogens (tertiary/aromatic N) is 4. The average molecular weight is 1230 g/mol.